The number of hydrogen-bond acceptors (Lipinski definition) is 4. The van der Waals surface area contributed by atoms with Crippen molar-refractivity contribution < 1.29 is 14.5 Å². The molecule has 1 atom stereocenters. The Kier molecular flexibility index (Phi) is 4.41. The van der Waals surface area contributed by atoms with Crippen molar-refractivity contribution in [3.63, 3.8) is 0 Å². The van der Waals surface area contributed by atoms with E-state index in [0.29, 0.717) is 21.7 Å². The van der Waals surface area contributed by atoms with Crippen LogP contribution in [0.5, 0.6) is 0 Å². The summed E-state index contributed by atoms with van der Waals surface area (Å²) in [5.41, 5.74) is 0.325. The summed E-state index contributed by atoms with van der Waals surface area (Å²) in [7, 11) is 0. The van der Waals surface area contributed by atoms with E-state index in [1.807, 2.05) is 0 Å². The van der Waals surface area contributed by atoms with Gasteiger partial charge in [0.2, 0.25) is 0 Å². The Balaban J connectivity index is 1.92. The summed E-state index contributed by atoms with van der Waals surface area (Å²) in [5, 5.41) is 14.3. The minimum absolute atomic E-state index is 0.0403. The zero-order chi connectivity index (χ0) is 19.1. The monoisotopic (exact) mass is 373 g/mol. The number of nitro benzene ring substituents is 1. The maximum Gasteiger partial charge on any atom is 0.325 e. The van der Waals surface area contributed by atoms with Crippen LogP contribution < -0.4 is 5.32 Å². The van der Waals surface area contributed by atoms with Gasteiger partial charge in [-0.1, -0.05) is 35.9 Å². The Morgan fingerprint density at radius 3 is 2.46 bits per heavy atom. The lowest BCUT2D eigenvalue weighted by Crippen LogP contribution is -2.40. The average Bonchev–Trinajstić information content (AvgIpc) is 2.81. The van der Waals surface area contributed by atoms with Gasteiger partial charge in [-0.15, -0.1) is 0 Å². The maximum absolute atomic E-state index is 12.9. The van der Waals surface area contributed by atoms with Crippen molar-refractivity contribution in [3.8, 4) is 0 Å². The first-order valence-corrected chi connectivity index (χ1v) is 8.25. The molecule has 0 spiro atoms. The SMILES string of the molecule is Cc1c(CN2C(=O)N[C@](C)(c3ccc(Cl)cc3)C2=O)cccc1[N+](=O)[O-]. The highest BCUT2D eigenvalue weighted by Gasteiger charge is 2.49. The van der Waals surface area contributed by atoms with E-state index in [0.717, 1.165) is 4.90 Å². The summed E-state index contributed by atoms with van der Waals surface area (Å²) in [6.07, 6.45) is 0. The Bertz CT molecular complexity index is 913. The van der Waals surface area contributed by atoms with Crippen LogP contribution in [0, 0.1) is 17.0 Å². The quantitative estimate of drug-likeness (QED) is 0.504. The van der Waals surface area contributed by atoms with Crippen LogP contribution in [0.15, 0.2) is 42.5 Å². The van der Waals surface area contributed by atoms with Gasteiger partial charge in [-0.3, -0.25) is 19.8 Å². The number of urea groups is 1. The average molecular weight is 374 g/mol. The van der Waals surface area contributed by atoms with Gasteiger partial charge in [-0.2, -0.15) is 0 Å². The number of hydrogen-bond donors (Lipinski definition) is 1. The smallest absolute Gasteiger partial charge is 0.319 e. The van der Waals surface area contributed by atoms with Crippen molar-refractivity contribution in [1.29, 1.82) is 0 Å². The summed E-state index contributed by atoms with van der Waals surface area (Å²) in [6, 6.07) is 10.7. The van der Waals surface area contributed by atoms with Crippen LogP contribution >= 0.6 is 11.6 Å². The van der Waals surface area contributed by atoms with Gasteiger partial charge < -0.3 is 5.32 Å². The van der Waals surface area contributed by atoms with Gasteiger partial charge in [0.05, 0.1) is 11.5 Å². The van der Waals surface area contributed by atoms with E-state index < -0.39 is 22.4 Å². The molecule has 8 heteroatoms. The van der Waals surface area contributed by atoms with Crippen LogP contribution in [-0.2, 0) is 16.9 Å². The van der Waals surface area contributed by atoms with Crippen molar-refractivity contribution in [2.24, 2.45) is 0 Å². The number of rotatable bonds is 4. The maximum atomic E-state index is 12.9. The predicted octanol–water partition coefficient (Wildman–Crippen LogP) is 3.52. The molecule has 2 aromatic carbocycles. The largest absolute Gasteiger partial charge is 0.325 e. The lowest BCUT2D eigenvalue weighted by atomic mass is 9.92. The molecule has 0 radical (unpaired) electrons. The van der Waals surface area contributed by atoms with Gasteiger partial charge in [0, 0.05) is 16.7 Å². The number of benzene rings is 2. The molecule has 2 aromatic rings. The number of nitrogens with zero attached hydrogens (tertiary/aromatic N) is 2. The summed E-state index contributed by atoms with van der Waals surface area (Å²) in [6.45, 7) is 3.18. The number of nitro groups is 1. The summed E-state index contributed by atoms with van der Waals surface area (Å²) < 4.78 is 0. The third-order valence-corrected chi connectivity index (χ3v) is 4.89. The molecule has 7 nitrogen and oxygen atoms in total. The molecule has 3 rings (SSSR count). The lowest BCUT2D eigenvalue weighted by molar-refractivity contribution is -0.385. The molecular formula is C18H16ClN3O4. The summed E-state index contributed by atoms with van der Waals surface area (Å²) >= 11 is 5.88. The van der Waals surface area contributed by atoms with Crippen molar-refractivity contribution in [3.05, 3.63) is 74.3 Å². The number of amides is 3. The molecule has 1 aliphatic rings. The zero-order valence-corrected chi connectivity index (χ0v) is 14.9. The van der Waals surface area contributed by atoms with Gasteiger partial charge in [0.1, 0.15) is 5.54 Å². The summed E-state index contributed by atoms with van der Waals surface area (Å²) in [4.78, 5) is 37.0. The van der Waals surface area contributed by atoms with E-state index in [1.165, 1.54) is 12.1 Å². The zero-order valence-electron chi connectivity index (χ0n) is 14.2. The highest BCUT2D eigenvalue weighted by Crippen LogP contribution is 2.31. The van der Waals surface area contributed by atoms with Crippen LogP contribution in [-0.4, -0.2) is 21.8 Å². The fraction of sp³-hybridized carbons (Fsp3) is 0.222. The highest BCUT2D eigenvalue weighted by atomic mass is 35.5. The van der Waals surface area contributed by atoms with Gasteiger partial charge >= 0.3 is 6.03 Å². The first-order chi connectivity index (χ1) is 12.2. The van der Waals surface area contributed by atoms with E-state index in [-0.39, 0.29) is 12.2 Å². The second-order valence-electron chi connectivity index (χ2n) is 6.27. The molecule has 26 heavy (non-hydrogen) atoms. The van der Waals surface area contributed by atoms with Crippen LogP contribution in [0.25, 0.3) is 0 Å². The molecule has 0 bridgehead atoms. The standard InChI is InChI=1S/C18H16ClN3O4/c1-11-12(4-3-5-15(11)22(25)26)10-21-16(23)18(2,20-17(21)24)13-6-8-14(19)9-7-13/h3-9H,10H2,1-2H3,(H,20,24)/t18-/m1/s1. The molecule has 1 fully saturated rings. The molecule has 1 N–H and O–H groups in total. The second kappa shape index (κ2) is 6.42. The fourth-order valence-electron chi connectivity index (χ4n) is 3.03. The van der Waals surface area contributed by atoms with Crippen molar-refractivity contribution in [1.82, 2.24) is 10.2 Å². The van der Waals surface area contributed by atoms with Gasteiger partial charge in [0.25, 0.3) is 11.6 Å². The Morgan fingerprint density at radius 1 is 1.19 bits per heavy atom. The molecular weight excluding hydrogens is 358 g/mol. The third-order valence-electron chi connectivity index (χ3n) is 4.64. The first kappa shape index (κ1) is 17.9. The van der Waals surface area contributed by atoms with Gasteiger partial charge in [-0.05, 0) is 37.1 Å². The third kappa shape index (κ3) is 2.90. The molecule has 134 valence electrons. The van der Waals surface area contributed by atoms with Gasteiger partial charge in [-0.25, -0.2) is 4.79 Å². The minimum Gasteiger partial charge on any atom is -0.319 e. The molecule has 0 aliphatic carbocycles. The highest BCUT2D eigenvalue weighted by molar-refractivity contribution is 6.30. The lowest BCUT2D eigenvalue weighted by Gasteiger charge is -2.22. The molecule has 1 saturated heterocycles. The minimum atomic E-state index is -1.21. The predicted molar refractivity (Wildman–Crippen MR) is 95.7 cm³/mol. The van der Waals surface area contributed by atoms with Crippen molar-refractivity contribution in [2.75, 3.05) is 0 Å². The van der Waals surface area contributed by atoms with Crippen LogP contribution in [0.2, 0.25) is 5.02 Å². The van der Waals surface area contributed by atoms with E-state index >= 15 is 0 Å². The molecule has 0 unspecified atom stereocenters. The van der Waals surface area contributed by atoms with Crippen molar-refractivity contribution >= 4 is 29.2 Å². The Morgan fingerprint density at radius 2 is 1.85 bits per heavy atom. The van der Waals surface area contributed by atoms with Gasteiger partial charge in [0.15, 0.2) is 0 Å². The number of carbonyl (C=O) groups is 2. The number of nitrogens with one attached hydrogen (secondary N) is 1. The topological polar surface area (TPSA) is 92.6 Å². The number of halogens is 1. The van der Waals surface area contributed by atoms with E-state index in [1.54, 1.807) is 44.2 Å². The normalized spacial score (nSPS) is 19.6. The number of carbonyl (C=O) groups excluding carboxylic acids is 2. The molecule has 3 amide bonds. The first-order valence-electron chi connectivity index (χ1n) is 7.87. The Labute approximate surface area is 154 Å². The Hall–Kier alpha value is -2.93. The number of imide groups is 1. The molecule has 0 saturated carbocycles. The molecule has 0 aromatic heterocycles. The van der Waals surface area contributed by atoms with E-state index in [4.69, 9.17) is 11.6 Å². The van der Waals surface area contributed by atoms with Crippen LogP contribution in [0.1, 0.15) is 23.6 Å². The fourth-order valence-corrected chi connectivity index (χ4v) is 3.15. The molecule has 1 heterocycles. The summed E-state index contributed by atoms with van der Waals surface area (Å²) in [5.74, 6) is -0.421. The molecule has 1 aliphatic heterocycles. The van der Waals surface area contributed by atoms with Crippen molar-refractivity contribution in [2.45, 2.75) is 25.9 Å². The van der Waals surface area contributed by atoms with Crippen LogP contribution in [0.4, 0.5) is 10.5 Å². The second-order valence-corrected chi connectivity index (χ2v) is 6.71. The van der Waals surface area contributed by atoms with E-state index in [9.17, 15) is 19.7 Å². The van der Waals surface area contributed by atoms with E-state index in [2.05, 4.69) is 5.32 Å². The van der Waals surface area contributed by atoms with Crippen LogP contribution in [0.3, 0.4) is 0 Å².